The van der Waals surface area contributed by atoms with Gasteiger partial charge in [-0.05, 0) is 35.4 Å². The molecule has 0 aliphatic carbocycles. The van der Waals surface area contributed by atoms with Crippen molar-refractivity contribution in [1.82, 2.24) is 0 Å². The molecule has 148 valence electrons. The van der Waals surface area contributed by atoms with Gasteiger partial charge < -0.3 is 5.11 Å². The fraction of sp³-hybridized carbons (Fsp3) is 0.158. The van der Waals surface area contributed by atoms with Crippen molar-refractivity contribution in [1.29, 1.82) is 0 Å². The van der Waals surface area contributed by atoms with Gasteiger partial charge in [-0.15, -0.1) is 0 Å². The molecule has 0 aromatic heterocycles. The number of aliphatic carboxylic acids is 1. The van der Waals surface area contributed by atoms with Crippen molar-refractivity contribution in [2.75, 3.05) is 0 Å². The first-order valence-electron chi connectivity index (χ1n) is 7.67. The molecular formula is C19H13F6NO2. The molecule has 0 saturated heterocycles. The summed E-state index contributed by atoms with van der Waals surface area (Å²) in [5.41, 5.74) is -5.54. The third kappa shape index (κ3) is 4.41. The van der Waals surface area contributed by atoms with Gasteiger partial charge in [-0.3, -0.25) is 4.99 Å². The lowest BCUT2D eigenvalue weighted by Gasteiger charge is -2.21. The lowest BCUT2D eigenvalue weighted by atomic mass is 9.90. The highest BCUT2D eigenvalue weighted by Crippen LogP contribution is 2.36. The van der Waals surface area contributed by atoms with E-state index < -0.39 is 40.6 Å². The normalized spacial score (nSPS) is 14.6. The highest BCUT2D eigenvalue weighted by atomic mass is 19.4. The summed E-state index contributed by atoms with van der Waals surface area (Å²) in [4.78, 5) is 15.6. The van der Waals surface area contributed by atoms with Crippen LogP contribution < -0.4 is 0 Å². The average molecular weight is 401 g/mol. The SMILES string of the molecule is C=CC(N=Cc1cc(C(F)(F)F)cc(C(F)(F)F)c1)(C(=O)O)c1ccccc1. The van der Waals surface area contributed by atoms with Gasteiger partial charge in [0.2, 0.25) is 0 Å². The second-order valence-electron chi connectivity index (χ2n) is 5.74. The third-order valence-corrected chi connectivity index (χ3v) is 3.86. The topological polar surface area (TPSA) is 49.7 Å². The minimum Gasteiger partial charge on any atom is -0.479 e. The summed E-state index contributed by atoms with van der Waals surface area (Å²) in [6.45, 7) is 3.40. The minimum absolute atomic E-state index is 0.0213. The van der Waals surface area contributed by atoms with E-state index in [1.807, 2.05) is 0 Å². The molecule has 1 atom stereocenters. The van der Waals surface area contributed by atoms with Crippen molar-refractivity contribution in [3.63, 3.8) is 0 Å². The van der Waals surface area contributed by atoms with E-state index in [-0.39, 0.29) is 11.6 Å². The van der Waals surface area contributed by atoms with Crippen LogP contribution in [0.5, 0.6) is 0 Å². The molecule has 0 heterocycles. The Kier molecular flexibility index (Phi) is 5.67. The number of benzene rings is 2. The van der Waals surface area contributed by atoms with Gasteiger partial charge in [-0.25, -0.2) is 4.79 Å². The molecular weight excluding hydrogens is 388 g/mol. The molecule has 0 aliphatic heterocycles. The monoisotopic (exact) mass is 401 g/mol. The molecule has 0 bridgehead atoms. The molecule has 0 spiro atoms. The minimum atomic E-state index is -5.02. The van der Waals surface area contributed by atoms with Crippen LogP contribution in [-0.4, -0.2) is 17.3 Å². The predicted octanol–water partition coefficient (Wildman–Crippen LogP) is 5.31. The van der Waals surface area contributed by atoms with Crippen molar-refractivity contribution in [2.24, 2.45) is 4.99 Å². The van der Waals surface area contributed by atoms with Crippen molar-refractivity contribution in [3.05, 3.63) is 83.4 Å². The second-order valence-corrected chi connectivity index (χ2v) is 5.74. The maximum atomic E-state index is 12.9. The average Bonchev–Trinajstić information content (AvgIpc) is 2.61. The van der Waals surface area contributed by atoms with E-state index in [0.29, 0.717) is 18.3 Å². The number of carbonyl (C=O) groups is 1. The number of alkyl halides is 6. The van der Waals surface area contributed by atoms with E-state index in [9.17, 15) is 36.2 Å². The van der Waals surface area contributed by atoms with Gasteiger partial charge >= 0.3 is 18.3 Å². The van der Waals surface area contributed by atoms with E-state index >= 15 is 0 Å². The Morgan fingerprint density at radius 2 is 1.39 bits per heavy atom. The molecule has 1 N–H and O–H groups in total. The van der Waals surface area contributed by atoms with Gasteiger partial charge in [0.15, 0.2) is 5.54 Å². The van der Waals surface area contributed by atoms with E-state index in [1.165, 1.54) is 24.3 Å². The van der Waals surface area contributed by atoms with Crippen LogP contribution in [0.2, 0.25) is 0 Å². The molecule has 2 aromatic carbocycles. The predicted molar refractivity (Wildman–Crippen MR) is 90.0 cm³/mol. The highest BCUT2D eigenvalue weighted by Gasteiger charge is 2.38. The maximum Gasteiger partial charge on any atom is 0.416 e. The number of hydrogen-bond acceptors (Lipinski definition) is 2. The quantitative estimate of drug-likeness (QED) is 0.419. The molecule has 0 radical (unpaired) electrons. The van der Waals surface area contributed by atoms with Crippen LogP contribution in [-0.2, 0) is 22.7 Å². The summed E-state index contributed by atoms with van der Waals surface area (Å²) in [5, 5.41) is 9.58. The highest BCUT2D eigenvalue weighted by molar-refractivity contribution is 5.89. The van der Waals surface area contributed by atoms with Crippen LogP contribution in [0.1, 0.15) is 22.3 Å². The maximum absolute atomic E-state index is 12.9. The summed E-state index contributed by atoms with van der Waals surface area (Å²) in [6.07, 6.45) is -8.44. The van der Waals surface area contributed by atoms with Gasteiger partial charge in [0.1, 0.15) is 0 Å². The molecule has 0 aliphatic rings. The molecule has 2 rings (SSSR count). The summed E-state index contributed by atoms with van der Waals surface area (Å²) in [7, 11) is 0. The molecule has 0 saturated carbocycles. The largest absolute Gasteiger partial charge is 0.479 e. The van der Waals surface area contributed by atoms with Gasteiger partial charge in [0, 0.05) is 6.21 Å². The number of halogens is 6. The summed E-state index contributed by atoms with van der Waals surface area (Å²) in [5.74, 6) is -1.49. The Hall–Kier alpha value is -3.10. The zero-order valence-corrected chi connectivity index (χ0v) is 14.1. The van der Waals surface area contributed by atoms with Gasteiger partial charge in [-0.1, -0.05) is 36.9 Å². The van der Waals surface area contributed by atoms with Crippen LogP contribution in [0.4, 0.5) is 26.3 Å². The van der Waals surface area contributed by atoms with E-state index in [2.05, 4.69) is 11.6 Å². The van der Waals surface area contributed by atoms with Crippen LogP contribution in [0.25, 0.3) is 0 Å². The first-order chi connectivity index (χ1) is 12.9. The van der Waals surface area contributed by atoms with Crippen LogP contribution in [0.15, 0.2) is 66.2 Å². The molecule has 28 heavy (non-hydrogen) atoms. The first kappa shape index (κ1) is 21.2. The van der Waals surface area contributed by atoms with Crippen molar-refractivity contribution in [2.45, 2.75) is 17.9 Å². The lowest BCUT2D eigenvalue weighted by Crippen LogP contribution is -2.31. The van der Waals surface area contributed by atoms with Crippen molar-refractivity contribution in [3.8, 4) is 0 Å². The van der Waals surface area contributed by atoms with E-state index in [4.69, 9.17) is 0 Å². The number of carboxylic acids is 1. The van der Waals surface area contributed by atoms with Gasteiger partial charge in [-0.2, -0.15) is 26.3 Å². The first-order valence-corrected chi connectivity index (χ1v) is 7.67. The zero-order valence-electron chi connectivity index (χ0n) is 14.1. The van der Waals surface area contributed by atoms with Gasteiger partial charge in [0.05, 0.1) is 11.1 Å². The Bertz CT molecular complexity index is 871. The molecule has 9 heteroatoms. The molecule has 0 fully saturated rings. The molecule has 1 unspecified atom stereocenters. The van der Waals surface area contributed by atoms with E-state index in [0.717, 1.165) is 6.08 Å². The molecule has 0 amide bonds. The van der Waals surface area contributed by atoms with Gasteiger partial charge in [0.25, 0.3) is 0 Å². The fourth-order valence-electron chi connectivity index (χ4n) is 2.43. The van der Waals surface area contributed by atoms with Crippen molar-refractivity contribution >= 4 is 12.2 Å². The molecule has 3 nitrogen and oxygen atoms in total. The summed E-state index contributed by atoms with van der Waals surface area (Å²) in [6, 6.07) is 8.33. The fourth-order valence-corrected chi connectivity index (χ4v) is 2.43. The summed E-state index contributed by atoms with van der Waals surface area (Å²) < 4.78 is 77.7. The Balaban J connectivity index is 2.62. The van der Waals surface area contributed by atoms with E-state index in [1.54, 1.807) is 6.07 Å². The Morgan fingerprint density at radius 3 is 1.79 bits per heavy atom. The molecule has 2 aromatic rings. The zero-order chi connectivity index (χ0) is 21.2. The smallest absolute Gasteiger partial charge is 0.416 e. The number of aliphatic imine (C=N–C) groups is 1. The standard InChI is InChI=1S/C19H13F6NO2/c1-2-17(16(27)28,13-6-4-3-5-7-13)26-11-12-8-14(18(20,21)22)10-15(9-12)19(23,24)25/h2-11H,1H2,(H,27,28). The second kappa shape index (κ2) is 7.49. The number of rotatable bonds is 5. The Labute approximate surface area is 155 Å². The van der Waals surface area contributed by atoms with Crippen molar-refractivity contribution < 1.29 is 36.2 Å². The lowest BCUT2D eigenvalue weighted by molar-refractivity contribution is -0.143. The number of nitrogens with zero attached hydrogens (tertiary/aromatic N) is 1. The number of carboxylic acid groups (broad SMARTS) is 1. The van der Waals surface area contributed by atoms with Crippen LogP contribution in [0.3, 0.4) is 0 Å². The number of hydrogen-bond donors (Lipinski definition) is 1. The van der Waals surface area contributed by atoms with Crippen LogP contribution >= 0.6 is 0 Å². The third-order valence-electron chi connectivity index (χ3n) is 3.86. The summed E-state index contributed by atoms with van der Waals surface area (Å²) >= 11 is 0. The van der Waals surface area contributed by atoms with Crippen LogP contribution in [0, 0.1) is 0 Å². The Morgan fingerprint density at radius 1 is 0.893 bits per heavy atom.